The fourth-order valence-corrected chi connectivity index (χ4v) is 2.67. The number of aliphatic carboxylic acids is 1. The van der Waals surface area contributed by atoms with Crippen LogP contribution in [0.2, 0.25) is 0 Å². The molecule has 10 nitrogen and oxygen atoms in total. The average molecular weight is 383 g/mol. The molecule has 28 heavy (non-hydrogen) atoms. The molecular formula is C18H17N5O5. The number of aliphatic hydroxyl groups excluding tert-OH is 1. The van der Waals surface area contributed by atoms with E-state index in [0.29, 0.717) is 22.9 Å². The summed E-state index contributed by atoms with van der Waals surface area (Å²) in [6.07, 6.45) is 0.198. The van der Waals surface area contributed by atoms with Gasteiger partial charge in [0, 0.05) is 29.9 Å². The van der Waals surface area contributed by atoms with E-state index in [2.05, 4.69) is 15.1 Å². The van der Waals surface area contributed by atoms with Crippen molar-refractivity contribution < 1.29 is 29.4 Å². The first-order valence-corrected chi connectivity index (χ1v) is 8.27. The molecule has 0 bridgehead atoms. The monoisotopic (exact) mass is 383 g/mol. The molecule has 2 aromatic rings. The molecule has 1 aromatic carbocycles. The van der Waals surface area contributed by atoms with Crippen LogP contribution in [-0.2, 0) is 20.8 Å². The highest BCUT2D eigenvalue weighted by Gasteiger charge is 2.25. The molecule has 0 saturated carbocycles. The molecule has 4 N–H and O–H groups in total. The maximum Gasteiger partial charge on any atom is 0.326 e. The standard InChI is InChI=1S/C18H17N5O5/c19-7-10-1-3-13-11(8-21-15(13)5-10)6-16(25)17(26)23-14(18(27)28)4-2-12(24)9-22-20/h1,3,5,8-9,14,16,21,25H,2,4,6H2,(H,23,26)(H,27,28). The van der Waals surface area contributed by atoms with Crippen LogP contribution in [0.15, 0.2) is 24.4 Å². The normalized spacial score (nSPS) is 12.4. The van der Waals surface area contributed by atoms with Crippen molar-refractivity contribution >= 4 is 34.8 Å². The topological polar surface area (TPSA) is 180 Å². The minimum absolute atomic E-state index is 0.0693. The molecule has 0 aliphatic rings. The van der Waals surface area contributed by atoms with Crippen molar-refractivity contribution in [3.05, 3.63) is 41.1 Å². The molecule has 0 saturated heterocycles. The molecular weight excluding hydrogens is 366 g/mol. The molecule has 2 atom stereocenters. The van der Waals surface area contributed by atoms with E-state index in [-0.39, 0.29) is 19.3 Å². The van der Waals surface area contributed by atoms with E-state index < -0.39 is 29.8 Å². The Balaban J connectivity index is 2.03. The molecule has 1 aromatic heterocycles. The predicted molar refractivity (Wildman–Crippen MR) is 96.2 cm³/mol. The van der Waals surface area contributed by atoms with Crippen molar-refractivity contribution in [1.82, 2.24) is 10.3 Å². The largest absolute Gasteiger partial charge is 0.480 e. The number of rotatable bonds is 9. The Labute approximate surface area is 159 Å². The van der Waals surface area contributed by atoms with E-state index in [1.54, 1.807) is 24.4 Å². The SMILES string of the molecule is N#Cc1ccc2c(CC(O)C(=O)NC(CCC(=O)C=[N+]=[N-])C(=O)O)c[nH]c2c1. The van der Waals surface area contributed by atoms with Crippen LogP contribution in [0.25, 0.3) is 16.4 Å². The maximum atomic E-state index is 12.2. The lowest BCUT2D eigenvalue weighted by Crippen LogP contribution is -2.46. The van der Waals surface area contributed by atoms with Gasteiger partial charge in [0.1, 0.15) is 12.1 Å². The fourth-order valence-electron chi connectivity index (χ4n) is 2.67. The van der Waals surface area contributed by atoms with E-state index in [1.165, 1.54) is 0 Å². The van der Waals surface area contributed by atoms with Gasteiger partial charge in [0.2, 0.25) is 11.7 Å². The van der Waals surface area contributed by atoms with Crippen molar-refractivity contribution in [2.75, 3.05) is 0 Å². The highest BCUT2D eigenvalue weighted by Crippen LogP contribution is 2.21. The first-order chi connectivity index (χ1) is 13.3. The molecule has 10 heteroatoms. The van der Waals surface area contributed by atoms with Gasteiger partial charge in [-0.05, 0) is 24.1 Å². The Bertz CT molecular complexity index is 999. The molecule has 0 aliphatic carbocycles. The summed E-state index contributed by atoms with van der Waals surface area (Å²) in [5.41, 5.74) is 10.0. The number of hydrogen-bond acceptors (Lipinski definition) is 5. The van der Waals surface area contributed by atoms with Crippen LogP contribution in [0, 0.1) is 11.3 Å². The fraction of sp³-hybridized carbons (Fsp3) is 0.278. The third-order valence-electron chi connectivity index (χ3n) is 4.11. The van der Waals surface area contributed by atoms with Gasteiger partial charge in [0.05, 0.1) is 11.6 Å². The van der Waals surface area contributed by atoms with Crippen LogP contribution >= 0.6 is 0 Å². The summed E-state index contributed by atoms with van der Waals surface area (Å²) in [4.78, 5) is 40.2. The van der Waals surface area contributed by atoms with Crippen LogP contribution in [0.4, 0.5) is 0 Å². The number of benzene rings is 1. The lowest BCUT2D eigenvalue weighted by atomic mass is 10.0. The second kappa shape index (κ2) is 9.23. The first kappa shape index (κ1) is 20.5. The quantitative estimate of drug-likeness (QED) is 0.272. The molecule has 2 rings (SSSR count). The second-order valence-corrected chi connectivity index (χ2v) is 6.05. The zero-order valence-corrected chi connectivity index (χ0v) is 14.6. The number of aromatic nitrogens is 1. The van der Waals surface area contributed by atoms with Gasteiger partial charge in [-0.25, -0.2) is 4.79 Å². The Morgan fingerprint density at radius 2 is 2.14 bits per heavy atom. The second-order valence-electron chi connectivity index (χ2n) is 6.05. The van der Waals surface area contributed by atoms with E-state index in [9.17, 15) is 24.6 Å². The number of aromatic amines is 1. The van der Waals surface area contributed by atoms with Gasteiger partial charge < -0.3 is 26.0 Å². The van der Waals surface area contributed by atoms with E-state index in [1.807, 2.05) is 6.07 Å². The van der Waals surface area contributed by atoms with E-state index in [4.69, 9.17) is 10.8 Å². The summed E-state index contributed by atoms with van der Waals surface area (Å²) in [6.45, 7) is 0. The lowest BCUT2D eigenvalue weighted by Gasteiger charge is -2.16. The van der Waals surface area contributed by atoms with Gasteiger partial charge in [-0.3, -0.25) is 9.59 Å². The van der Waals surface area contributed by atoms with Crippen LogP contribution in [0.1, 0.15) is 24.0 Å². The molecule has 1 amide bonds. The zero-order chi connectivity index (χ0) is 20.7. The summed E-state index contributed by atoms with van der Waals surface area (Å²) in [7, 11) is 0. The highest BCUT2D eigenvalue weighted by molar-refractivity contribution is 6.25. The minimum atomic E-state index is -1.51. The lowest BCUT2D eigenvalue weighted by molar-refractivity contribution is -0.143. The number of hydrogen-bond donors (Lipinski definition) is 4. The molecule has 144 valence electrons. The highest BCUT2D eigenvalue weighted by atomic mass is 16.4. The first-order valence-electron chi connectivity index (χ1n) is 8.27. The number of nitrogens with zero attached hydrogens (tertiary/aromatic N) is 3. The summed E-state index contributed by atoms with van der Waals surface area (Å²) in [6, 6.07) is 5.58. The third kappa shape index (κ3) is 5.11. The van der Waals surface area contributed by atoms with Gasteiger partial charge >= 0.3 is 12.2 Å². The van der Waals surface area contributed by atoms with E-state index >= 15 is 0 Å². The maximum absolute atomic E-state index is 12.2. The van der Waals surface area contributed by atoms with Crippen molar-refractivity contribution in [3.63, 3.8) is 0 Å². The predicted octanol–water partition coefficient (Wildman–Crippen LogP) is 0.162. The Kier molecular flexibility index (Phi) is 6.76. The summed E-state index contributed by atoms with van der Waals surface area (Å²) >= 11 is 0. The number of nitriles is 1. The summed E-state index contributed by atoms with van der Waals surface area (Å²) in [5.74, 6) is -2.84. The van der Waals surface area contributed by atoms with Crippen molar-refractivity contribution in [3.8, 4) is 6.07 Å². The van der Waals surface area contributed by atoms with Gasteiger partial charge in [-0.2, -0.15) is 10.1 Å². The average Bonchev–Trinajstić information content (AvgIpc) is 3.06. The Morgan fingerprint density at radius 1 is 1.39 bits per heavy atom. The number of carboxylic acid groups (broad SMARTS) is 1. The number of ketones is 1. The van der Waals surface area contributed by atoms with Crippen LogP contribution in [0.3, 0.4) is 0 Å². The van der Waals surface area contributed by atoms with Gasteiger partial charge in [0.15, 0.2) is 0 Å². The van der Waals surface area contributed by atoms with Crippen LogP contribution in [-0.4, -0.2) is 56.0 Å². The summed E-state index contributed by atoms with van der Waals surface area (Å²) < 4.78 is 0. The smallest absolute Gasteiger partial charge is 0.326 e. The summed E-state index contributed by atoms with van der Waals surface area (Å²) in [5, 5.41) is 31.2. The van der Waals surface area contributed by atoms with Gasteiger partial charge in [0.25, 0.3) is 0 Å². The van der Waals surface area contributed by atoms with Crippen molar-refractivity contribution in [2.45, 2.75) is 31.4 Å². The van der Waals surface area contributed by atoms with Crippen molar-refractivity contribution in [2.24, 2.45) is 0 Å². The minimum Gasteiger partial charge on any atom is -0.480 e. The molecule has 0 radical (unpaired) electrons. The number of aliphatic hydroxyl groups is 1. The molecule has 0 fully saturated rings. The van der Waals surface area contributed by atoms with Crippen LogP contribution < -0.4 is 5.32 Å². The van der Waals surface area contributed by atoms with Gasteiger partial charge in [-0.1, -0.05) is 6.07 Å². The number of carboxylic acids is 1. The Hall–Kier alpha value is -3.80. The molecule has 0 aliphatic heterocycles. The number of H-pyrrole nitrogens is 1. The number of amides is 1. The number of carbonyl (C=O) groups is 3. The number of Topliss-reactive ketones (excluding diaryl/α,β-unsaturated/α-hetero) is 1. The van der Waals surface area contributed by atoms with Crippen molar-refractivity contribution in [1.29, 1.82) is 5.26 Å². The molecule has 1 heterocycles. The number of nitrogens with one attached hydrogen (secondary N) is 2. The molecule has 0 spiro atoms. The number of carbonyl (C=O) groups excluding carboxylic acids is 2. The molecule has 2 unspecified atom stereocenters. The zero-order valence-electron chi connectivity index (χ0n) is 14.6. The van der Waals surface area contributed by atoms with Crippen LogP contribution in [0.5, 0.6) is 0 Å². The van der Waals surface area contributed by atoms with E-state index in [0.717, 1.165) is 5.39 Å². The third-order valence-corrected chi connectivity index (χ3v) is 4.11. The Morgan fingerprint density at radius 3 is 2.79 bits per heavy atom. The van der Waals surface area contributed by atoms with Gasteiger partial charge in [-0.15, -0.1) is 0 Å². The number of fused-ring (bicyclic) bond motifs is 1.